The summed E-state index contributed by atoms with van der Waals surface area (Å²) in [5.41, 5.74) is 11.3. The second-order valence-corrected chi connectivity index (χ2v) is 12.7. The van der Waals surface area contributed by atoms with Crippen molar-refractivity contribution in [3.8, 4) is 22.8 Å². The van der Waals surface area contributed by atoms with Crippen molar-refractivity contribution in [1.29, 1.82) is 0 Å². The average molecular weight is 652 g/mol. The van der Waals surface area contributed by atoms with E-state index in [1.165, 1.54) is 27.2 Å². The minimum absolute atomic E-state index is 0.612. The summed E-state index contributed by atoms with van der Waals surface area (Å²) in [6, 6.07) is 61.4. The zero-order valence-electron chi connectivity index (χ0n) is 27.5. The van der Waals surface area contributed by atoms with Crippen molar-refractivity contribution in [3.63, 3.8) is 0 Å². The minimum Gasteiger partial charge on any atom is -0.310 e. The van der Waals surface area contributed by atoms with Crippen LogP contribution in [0.2, 0.25) is 0 Å². The van der Waals surface area contributed by atoms with Gasteiger partial charge in [0.15, 0.2) is 5.69 Å². The summed E-state index contributed by atoms with van der Waals surface area (Å²) in [5, 5.41) is 4.88. The van der Waals surface area contributed by atoms with E-state index in [9.17, 15) is 0 Å². The Morgan fingerprint density at radius 1 is 0.490 bits per heavy atom. The molecule has 0 atom stereocenters. The number of aromatic nitrogens is 3. The average Bonchev–Trinajstić information content (AvgIpc) is 3.76. The molecule has 238 valence electrons. The van der Waals surface area contributed by atoms with Crippen LogP contribution in [0.25, 0.3) is 71.2 Å². The van der Waals surface area contributed by atoms with E-state index >= 15 is 0 Å². The second-order valence-electron chi connectivity index (χ2n) is 12.7. The Kier molecular flexibility index (Phi) is 6.48. The van der Waals surface area contributed by atoms with Crippen molar-refractivity contribution in [2.75, 3.05) is 4.90 Å². The van der Waals surface area contributed by atoms with E-state index in [1.807, 2.05) is 36.4 Å². The van der Waals surface area contributed by atoms with Crippen LogP contribution in [-0.4, -0.2) is 14.1 Å². The lowest BCUT2D eigenvalue weighted by Crippen LogP contribution is -2.10. The number of rotatable bonds is 6. The highest BCUT2D eigenvalue weighted by Crippen LogP contribution is 2.46. The molecule has 2 aromatic heterocycles. The Labute approximate surface area is 294 Å². The molecule has 0 fully saturated rings. The van der Waals surface area contributed by atoms with Gasteiger partial charge in [-0.15, -0.1) is 0 Å². The lowest BCUT2D eigenvalue weighted by atomic mass is 9.99. The zero-order chi connectivity index (χ0) is 33.9. The number of benzene rings is 8. The normalized spacial score (nSPS) is 11.5. The minimum atomic E-state index is 0.612. The van der Waals surface area contributed by atoms with Crippen LogP contribution >= 0.6 is 0 Å². The second kappa shape index (κ2) is 11.5. The Bertz CT molecular complexity index is 2900. The first-order valence-electron chi connectivity index (χ1n) is 17.0. The monoisotopic (exact) mass is 651 g/mol. The molecule has 0 radical (unpaired) electrons. The van der Waals surface area contributed by atoms with Crippen molar-refractivity contribution in [2.24, 2.45) is 0 Å². The molecule has 0 bridgehead atoms. The van der Waals surface area contributed by atoms with E-state index in [0.29, 0.717) is 5.69 Å². The number of imidazole rings is 1. The van der Waals surface area contributed by atoms with Crippen LogP contribution in [0.1, 0.15) is 0 Å². The summed E-state index contributed by atoms with van der Waals surface area (Å²) in [6.07, 6.45) is 0. The summed E-state index contributed by atoms with van der Waals surface area (Å²) in [7, 11) is 0. The Morgan fingerprint density at radius 3 is 1.84 bits per heavy atom. The van der Waals surface area contributed by atoms with Crippen molar-refractivity contribution in [1.82, 2.24) is 14.1 Å². The number of para-hydroxylation sites is 4. The van der Waals surface area contributed by atoms with Gasteiger partial charge in [0.1, 0.15) is 5.82 Å². The molecule has 0 amide bonds. The lowest BCUT2D eigenvalue weighted by molar-refractivity contribution is 1.10. The quantitative estimate of drug-likeness (QED) is 0.132. The molecule has 5 nitrogen and oxygen atoms in total. The van der Waals surface area contributed by atoms with Crippen LogP contribution in [0.15, 0.2) is 176 Å². The number of nitrogens with zero attached hydrogens (tertiary/aromatic N) is 5. The van der Waals surface area contributed by atoms with Crippen LogP contribution in [0, 0.1) is 6.57 Å². The lowest BCUT2D eigenvalue weighted by Gasteiger charge is -2.27. The molecule has 0 aliphatic rings. The third-order valence-electron chi connectivity index (χ3n) is 9.89. The highest BCUT2D eigenvalue weighted by atomic mass is 15.1. The van der Waals surface area contributed by atoms with E-state index in [0.717, 1.165) is 56.2 Å². The van der Waals surface area contributed by atoms with Crippen molar-refractivity contribution >= 4 is 66.4 Å². The van der Waals surface area contributed by atoms with Crippen LogP contribution in [0.3, 0.4) is 0 Å². The molecule has 0 spiro atoms. The first-order chi connectivity index (χ1) is 25.3. The molecule has 51 heavy (non-hydrogen) atoms. The van der Waals surface area contributed by atoms with Crippen molar-refractivity contribution in [3.05, 3.63) is 187 Å². The fourth-order valence-electron chi connectivity index (χ4n) is 7.64. The molecule has 0 saturated heterocycles. The SMILES string of the molecule is [C-]#[N+]c1ccc(N(c2ccc(-c3nc4ccccc4n3-c3ccccc3)cc2)c2ccc3c4c2ccc2cccc(c24)n3-c2ccccc2)cc1. The summed E-state index contributed by atoms with van der Waals surface area (Å²) < 4.78 is 4.60. The molecule has 10 aromatic rings. The number of hydrogen-bond acceptors (Lipinski definition) is 2. The summed E-state index contributed by atoms with van der Waals surface area (Å²) >= 11 is 0. The van der Waals surface area contributed by atoms with Crippen LogP contribution < -0.4 is 4.90 Å². The van der Waals surface area contributed by atoms with Crippen LogP contribution in [0.4, 0.5) is 22.7 Å². The molecule has 8 aromatic carbocycles. The van der Waals surface area contributed by atoms with Gasteiger partial charge >= 0.3 is 0 Å². The van der Waals surface area contributed by atoms with E-state index in [2.05, 4.69) is 158 Å². The van der Waals surface area contributed by atoms with Crippen molar-refractivity contribution < 1.29 is 0 Å². The molecule has 0 aliphatic heterocycles. The summed E-state index contributed by atoms with van der Waals surface area (Å²) in [5.74, 6) is 0.891. The third-order valence-corrected chi connectivity index (χ3v) is 9.89. The summed E-state index contributed by atoms with van der Waals surface area (Å²) in [6.45, 7) is 7.58. The molecule has 0 saturated carbocycles. The van der Waals surface area contributed by atoms with Gasteiger partial charge < -0.3 is 9.47 Å². The van der Waals surface area contributed by atoms with E-state index in [-0.39, 0.29) is 0 Å². The predicted molar refractivity (Wildman–Crippen MR) is 210 cm³/mol. The maximum atomic E-state index is 7.58. The Morgan fingerprint density at radius 2 is 1.12 bits per heavy atom. The van der Waals surface area contributed by atoms with Crippen molar-refractivity contribution in [2.45, 2.75) is 0 Å². The molecule has 0 unspecified atom stereocenters. The predicted octanol–water partition coefficient (Wildman–Crippen LogP) is 12.4. The van der Waals surface area contributed by atoms with Gasteiger partial charge in [-0.05, 0) is 96.4 Å². The standard InChI is InChI=1S/C46H29N5/c1-47-33-22-26-37(27-23-33)49(36-24-19-32(20-25-36)46-48-39-16-8-9-17-41(39)51(46)35-14-6-3-7-15-35)40-29-30-43-45-38(40)28-21-31-11-10-18-42(44(31)45)50(43)34-12-4-2-5-13-34/h2-30H. The molecular weight excluding hydrogens is 623 g/mol. The summed E-state index contributed by atoms with van der Waals surface area (Å²) in [4.78, 5) is 11.1. The Hall–Kier alpha value is -7.16. The number of fused-ring (bicyclic) bond motifs is 1. The number of hydrogen-bond donors (Lipinski definition) is 0. The van der Waals surface area contributed by atoms with Crippen LogP contribution in [0.5, 0.6) is 0 Å². The number of anilines is 3. The largest absolute Gasteiger partial charge is 0.310 e. The molecule has 2 heterocycles. The molecular formula is C46H29N5. The van der Waals surface area contributed by atoms with E-state index in [1.54, 1.807) is 0 Å². The van der Waals surface area contributed by atoms with Gasteiger partial charge in [-0.1, -0.05) is 84.9 Å². The Balaban J connectivity index is 1.18. The topological polar surface area (TPSA) is 30.4 Å². The highest BCUT2D eigenvalue weighted by Gasteiger charge is 2.22. The van der Waals surface area contributed by atoms with Gasteiger partial charge in [-0.25, -0.2) is 9.83 Å². The molecule has 0 aliphatic carbocycles. The van der Waals surface area contributed by atoms with Gasteiger partial charge in [0.25, 0.3) is 0 Å². The van der Waals surface area contributed by atoms with Crippen LogP contribution in [-0.2, 0) is 0 Å². The van der Waals surface area contributed by atoms with Gasteiger partial charge in [-0.2, -0.15) is 0 Å². The first kappa shape index (κ1) is 28.8. The highest BCUT2D eigenvalue weighted by molar-refractivity contribution is 6.26. The molecule has 5 heteroatoms. The van der Waals surface area contributed by atoms with Gasteiger partial charge in [0.2, 0.25) is 0 Å². The zero-order valence-corrected chi connectivity index (χ0v) is 27.5. The molecule has 0 N–H and O–H groups in total. The molecule has 10 rings (SSSR count). The van der Waals surface area contributed by atoms with Gasteiger partial charge in [-0.3, -0.25) is 4.57 Å². The third kappa shape index (κ3) is 4.51. The fraction of sp³-hybridized carbons (Fsp3) is 0. The maximum Gasteiger partial charge on any atom is 0.187 e. The van der Waals surface area contributed by atoms with E-state index < -0.39 is 0 Å². The fourth-order valence-corrected chi connectivity index (χ4v) is 7.64. The van der Waals surface area contributed by atoms with E-state index in [4.69, 9.17) is 11.6 Å². The van der Waals surface area contributed by atoms with Gasteiger partial charge in [0, 0.05) is 44.5 Å². The smallest absolute Gasteiger partial charge is 0.187 e. The van der Waals surface area contributed by atoms with Gasteiger partial charge in [0.05, 0.1) is 34.3 Å². The first-order valence-corrected chi connectivity index (χ1v) is 17.0. The maximum absolute atomic E-state index is 7.58.